The normalized spacial score (nSPS) is 27.9. The van der Waals surface area contributed by atoms with Crippen molar-refractivity contribution in [2.75, 3.05) is 24.6 Å². The van der Waals surface area contributed by atoms with Crippen molar-refractivity contribution in [3.8, 4) is 0 Å². The van der Waals surface area contributed by atoms with Gasteiger partial charge in [0.15, 0.2) is 16.4 Å². The molecule has 148 valence electrons. The Balaban J connectivity index is 1.47. The van der Waals surface area contributed by atoms with E-state index >= 15 is 0 Å². The lowest BCUT2D eigenvalue weighted by Crippen LogP contribution is -3.13. The van der Waals surface area contributed by atoms with Gasteiger partial charge in [-0.15, -0.1) is 0 Å². The second kappa shape index (κ2) is 7.92. The van der Waals surface area contributed by atoms with E-state index in [2.05, 4.69) is 24.3 Å². The summed E-state index contributed by atoms with van der Waals surface area (Å²) in [6, 6.07) is 8.64. The highest BCUT2D eigenvalue weighted by molar-refractivity contribution is 7.91. The van der Waals surface area contributed by atoms with Crippen molar-refractivity contribution in [3.63, 3.8) is 0 Å². The molecule has 2 atom stereocenters. The third-order valence-corrected chi connectivity index (χ3v) is 8.32. The van der Waals surface area contributed by atoms with Gasteiger partial charge in [-0.3, -0.25) is 4.79 Å². The lowest BCUT2D eigenvalue weighted by molar-refractivity contribution is -0.908. The van der Waals surface area contributed by atoms with Gasteiger partial charge in [0.1, 0.15) is 6.54 Å². The highest BCUT2D eigenvalue weighted by Gasteiger charge is 2.39. The van der Waals surface area contributed by atoms with Crippen LogP contribution in [0.25, 0.3) is 0 Å². The van der Waals surface area contributed by atoms with Crippen molar-refractivity contribution >= 4 is 15.7 Å². The topological polar surface area (TPSA) is 58.9 Å². The summed E-state index contributed by atoms with van der Waals surface area (Å²) in [6.07, 6.45) is 7.22. The van der Waals surface area contributed by atoms with E-state index < -0.39 is 9.84 Å². The van der Waals surface area contributed by atoms with Gasteiger partial charge in [-0.2, -0.15) is 0 Å². The van der Waals surface area contributed by atoms with Crippen molar-refractivity contribution in [2.24, 2.45) is 0 Å². The zero-order valence-electron chi connectivity index (χ0n) is 16.0. The third-order valence-electron chi connectivity index (χ3n) is 6.57. The Morgan fingerprint density at radius 3 is 2.48 bits per heavy atom. The molecule has 3 aliphatic rings. The van der Waals surface area contributed by atoms with Crippen molar-refractivity contribution in [3.05, 3.63) is 35.4 Å². The lowest BCUT2D eigenvalue weighted by Gasteiger charge is -2.39. The number of sulfone groups is 1. The standard InChI is InChI=1S/C21H30N2O3S/c24-21(15-22-12-10-17-6-4-5-7-18(17)14-22)23(19-8-2-1-3-9-19)20-11-13-27(25,26)16-20/h4-7,19-20H,1-3,8-16H2/p+1/t20-/m1/s1. The fourth-order valence-corrected chi connectivity index (χ4v) is 6.87. The fraction of sp³-hybridized carbons (Fsp3) is 0.667. The Labute approximate surface area is 162 Å². The molecule has 1 saturated carbocycles. The number of quaternary nitrogens is 1. The van der Waals surface area contributed by atoms with E-state index in [4.69, 9.17) is 0 Å². The van der Waals surface area contributed by atoms with Gasteiger partial charge in [0, 0.05) is 24.1 Å². The number of hydrogen-bond donors (Lipinski definition) is 1. The van der Waals surface area contributed by atoms with Crippen LogP contribution in [0.3, 0.4) is 0 Å². The minimum absolute atomic E-state index is 0.109. The van der Waals surface area contributed by atoms with Gasteiger partial charge in [-0.05, 0) is 24.8 Å². The maximum atomic E-state index is 13.3. The Hall–Kier alpha value is -1.40. The summed E-state index contributed by atoms with van der Waals surface area (Å²) in [7, 11) is -2.99. The molecule has 6 heteroatoms. The maximum absolute atomic E-state index is 13.3. The molecule has 2 fully saturated rings. The van der Waals surface area contributed by atoms with E-state index in [1.807, 2.05) is 4.90 Å². The molecular formula is C21H31N2O3S+. The average Bonchev–Trinajstić information content (AvgIpc) is 3.02. The molecule has 2 aliphatic heterocycles. The summed E-state index contributed by atoms with van der Waals surface area (Å²) in [5.74, 6) is 0.560. The molecule has 1 aromatic carbocycles. The van der Waals surface area contributed by atoms with Crippen LogP contribution in [-0.2, 0) is 27.6 Å². The summed E-state index contributed by atoms with van der Waals surface area (Å²) in [4.78, 5) is 16.6. The van der Waals surface area contributed by atoms with Crippen molar-refractivity contribution in [2.45, 2.75) is 63.6 Å². The van der Waals surface area contributed by atoms with Crippen LogP contribution in [0.1, 0.15) is 49.7 Å². The van der Waals surface area contributed by atoms with Crippen LogP contribution < -0.4 is 4.90 Å². The summed E-state index contributed by atoms with van der Waals surface area (Å²) in [6.45, 7) is 2.36. The van der Waals surface area contributed by atoms with Crippen LogP contribution in [0.15, 0.2) is 24.3 Å². The molecule has 1 aliphatic carbocycles. The summed E-state index contributed by atoms with van der Waals surface area (Å²) in [5.41, 5.74) is 2.75. The first-order chi connectivity index (χ1) is 13.0. The number of nitrogens with zero attached hydrogens (tertiary/aromatic N) is 1. The molecule has 5 nitrogen and oxygen atoms in total. The van der Waals surface area contributed by atoms with Crippen LogP contribution in [-0.4, -0.2) is 55.9 Å². The molecule has 1 aromatic rings. The van der Waals surface area contributed by atoms with E-state index in [0.717, 1.165) is 45.2 Å². The SMILES string of the molecule is O=C(C[NH+]1CCc2ccccc2C1)N(C1CCCCC1)[C@@H]1CCS(=O)(=O)C1. The summed E-state index contributed by atoms with van der Waals surface area (Å²) >= 11 is 0. The molecule has 0 radical (unpaired) electrons. The number of nitrogens with one attached hydrogen (secondary N) is 1. The first-order valence-electron chi connectivity index (χ1n) is 10.4. The molecule has 0 bridgehead atoms. The lowest BCUT2D eigenvalue weighted by atomic mass is 9.92. The quantitative estimate of drug-likeness (QED) is 0.832. The third kappa shape index (κ3) is 4.37. The first-order valence-corrected chi connectivity index (χ1v) is 12.3. The second-order valence-corrected chi connectivity index (χ2v) is 10.8. The largest absolute Gasteiger partial charge is 0.331 e. The van der Waals surface area contributed by atoms with E-state index in [0.29, 0.717) is 13.0 Å². The average molecular weight is 392 g/mol. The van der Waals surface area contributed by atoms with Crippen LogP contribution in [0, 0.1) is 0 Å². The molecule has 4 rings (SSSR count). The van der Waals surface area contributed by atoms with Crippen molar-refractivity contribution < 1.29 is 18.1 Å². The Kier molecular flexibility index (Phi) is 5.55. The van der Waals surface area contributed by atoms with Crippen LogP contribution in [0.4, 0.5) is 0 Å². The summed E-state index contributed by atoms with van der Waals surface area (Å²) < 4.78 is 24.1. The maximum Gasteiger partial charge on any atom is 0.278 e. The molecule has 27 heavy (non-hydrogen) atoms. The first kappa shape index (κ1) is 18.9. The van der Waals surface area contributed by atoms with E-state index in [-0.39, 0.29) is 29.5 Å². The van der Waals surface area contributed by atoms with Gasteiger partial charge in [0.05, 0.1) is 18.1 Å². The molecular weight excluding hydrogens is 360 g/mol. The van der Waals surface area contributed by atoms with Gasteiger partial charge < -0.3 is 9.80 Å². The molecule has 1 unspecified atom stereocenters. The van der Waals surface area contributed by atoms with Crippen LogP contribution >= 0.6 is 0 Å². The molecule has 1 saturated heterocycles. The number of rotatable bonds is 4. The summed E-state index contributed by atoms with van der Waals surface area (Å²) in [5, 5.41) is 0. The Morgan fingerprint density at radius 2 is 1.78 bits per heavy atom. The number of hydrogen-bond acceptors (Lipinski definition) is 3. The minimum Gasteiger partial charge on any atom is -0.331 e. The fourth-order valence-electron chi connectivity index (χ4n) is 5.16. The van der Waals surface area contributed by atoms with Gasteiger partial charge in [-0.1, -0.05) is 43.5 Å². The van der Waals surface area contributed by atoms with E-state index in [1.54, 1.807) is 0 Å². The smallest absolute Gasteiger partial charge is 0.278 e. The molecule has 1 N–H and O–H groups in total. The molecule has 2 heterocycles. The predicted octanol–water partition coefficient (Wildman–Crippen LogP) is 0.976. The van der Waals surface area contributed by atoms with Crippen molar-refractivity contribution in [1.29, 1.82) is 0 Å². The second-order valence-electron chi connectivity index (χ2n) is 8.52. The molecule has 0 spiro atoms. The van der Waals surface area contributed by atoms with Crippen molar-refractivity contribution in [1.82, 2.24) is 4.90 Å². The zero-order valence-corrected chi connectivity index (χ0v) is 16.8. The van der Waals surface area contributed by atoms with Gasteiger partial charge >= 0.3 is 0 Å². The molecule has 1 amide bonds. The highest BCUT2D eigenvalue weighted by Crippen LogP contribution is 2.28. The number of carbonyl (C=O) groups excluding carboxylic acids is 1. The Morgan fingerprint density at radius 1 is 1.04 bits per heavy atom. The minimum atomic E-state index is -2.99. The Bertz CT molecular complexity index is 786. The number of benzene rings is 1. The number of carbonyl (C=O) groups is 1. The predicted molar refractivity (Wildman–Crippen MR) is 105 cm³/mol. The highest BCUT2D eigenvalue weighted by atomic mass is 32.2. The zero-order chi connectivity index (χ0) is 18.9. The van der Waals surface area contributed by atoms with Gasteiger partial charge in [-0.25, -0.2) is 8.42 Å². The van der Waals surface area contributed by atoms with Crippen LogP contribution in [0.5, 0.6) is 0 Å². The number of fused-ring (bicyclic) bond motifs is 1. The van der Waals surface area contributed by atoms with Gasteiger partial charge in [0.2, 0.25) is 0 Å². The van der Waals surface area contributed by atoms with Gasteiger partial charge in [0.25, 0.3) is 5.91 Å². The monoisotopic (exact) mass is 391 g/mol. The van der Waals surface area contributed by atoms with E-state index in [9.17, 15) is 13.2 Å². The number of amides is 1. The van der Waals surface area contributed by atoms with E-state index in [1.165, 1.54) is 22.4 Å². The van der Waals surface area contributed by atoms with Crippen LogP contribution in [0.2, 0.25) is 0 Å². The molecule has 0 aromatic heterocycles.